The van der Waals surface area contributed by atoms with Crippen LogP contribution in [0.3, 0.4) is 0 Å². The molecule has 1 aromatic carbocycles. The van der Waals surface area contributed by atoms with Crippen LogP contribution in [-0.2, 0) is 11.3 Å². The van der Waals surface area contributed by atoms with Crippen LogP contribution in [0, 0.1) is 15.5 Å². The van der Waals surface area contributed by atoms with Crippen LogP contribution in [0.1, 0.15) is 26.7 Å². The van der Waals surface area contributed by atoms with E-state index in [9.17, 15) is 14.9 Å². The molecule has 0 unspecified atom stereocenters. The Balaban J connectivity index is 1.57. The van der Waals surface area contributed by atoms with Gasteiger partial charge in [-0.25, -0.2) is 0 Å². The van der Waals surface area contributed by atoms with Gasteiger partial charge >= 0.3 is 0 Å². The molecule has 1 saturated heterocycles. The lowest BCUT2D eigenvalue weighted by Crippen LogP contribution is -2.51. The lowest BCUT2D eigenvalue weighted by Gasteiger charge is -2.37. The largest absolute Gasteiger partial charge is 0.340 e. The SMILES string of the molecule is CC(C)(C)C(=O)N1CCN(Cc2nc(-c3ccc([N+](=O)[O-])cc3)no2)CC1. The molecular weight excluding hydrogens is 350 g/mol. The Bertz CT molecular complexity index is 817. The number of amides is 1. The van der Waals surface area contributed by atoms with Crippen LogP contribution in [0.5, 0.6) is 0 Å². The second-order valence-corrected chi connectivity index (χ2v) is 7.63. The van der Waals surface area contributed by atoms with Gasteiger partial charge in [0.15, 0.2) is 0 Å². The van der Waals surface area contributed by atoms with E-state index in [1.807, 2.05) is 25.7 Å². The van der Waals surface area contributed by atoms with Crippen LogP contribution < -0.4 is 0 Å². The van der Waals surface area contributed by atoms with Gasteiger partial charge in [-0.3, -0.25) is 19.8 Å². The molecule has 2 aromatic rings. The average Bonchev–Trinajstić information content (AvgIpc) is 3.09. The molecule has 144 valence electrons. The highest BCUT2D eigenvalue weighted by Gasteiger charge is 2.30. The summed E-state index contributed by atoms with van der Waals surface area (Å²) >= 11 is 0. The first-order valence-electron chi connectivity index (χ1n) is 8.83. The van der Waals surface area contributed by atoms with E-state index in [1.54, 1.807) is 12.1 Å². The molecule has 3 rings (SSSR count). The van der Waals surface area contributed by atoms with Crippen LogP contribution in [0.4, 0.5) is 5.69 Å². The van der Waals surface area contributed by atoms with Gasteiger partial charge in [0, 0.05) is 49.3 Å². The topological polar surface area (TPSA) is 106 Å². The molecule has 2 heterocycles. The Labute approximate surface area is 157 Å². The Morgan fingerprint density at radius 2 is 1.81 bits per heavy atom. The van der Waals surface area contributed by atoms with Crippen molar-refractivity contribution in [1.82, 2.24) is 19.9 Å². The van der Waals surface area contributed by atoms with Gasteiger partial charge in [0.2, 0.25) is 17.6 Å². The van der Waals surface area contributed by atoms with Crippen molar-refractivity contribution < 1.29 is 14.2 Å². The maximum atomic E-state index is 12.3. The first-order chi connectivity index (χ1) is 12.7. The summed E-state index contributed by atoms with van der Waals surface area (Å²) < 4.78 is 5.31. The Morgan fingerprint density at radius 3 is 2.37 bits per heavy atom. The first-order valence-corrected chi connectivity index (χ1v) is 8.83. The van der Waals surface area contributed by atoms with Crippen molar-refractivity contribution in [2.45, 2.75) is 27.3 Å². The van der Waals surface area contributed by atoms with Crippen molar-refractivity contribution in [2.24, 2.45) is 5.41 Å². The number of aromatic nitrogens is 2. The molecule has 1 aliphatic rings. The standard InChI is InChI=1S/C18H23N5O4/c1-18(2,3)17(24)22-10-8-21(9-11-22)12-15-19-16(20-27-15)13-4-6-14(7-5-13)23(25)26/h4-7H,8-12H2,1-3H3. The molecule has 1 amide bonds. The van der Waals surface area contributed by atoms with E-state index in [2.05, 4.69) is 15.0 Å². The molecule has 27 heavy (non-hydrogen) atoms. The summed E-state index contributed by atoms with van der Waals surface area (Å²) in [6.45, 7) is 9.16. The zero-order chi connectivity index (χ0) is 19.6. The predicted molar refractivity (Wildman–Crippen MR) is 97.7 cm³/mol. The van der Waals surface area contributed by atoms with Gasteiger partial charge < -0.3 is 9.42 Å². The number of nitro groups is 1. The van der Waals surface area contributed by atoms with Gasteiger partial charge in [-0.2, -0.15) is 4.98 Å². The van der Waals surface area contributed by atoms with E-state index in [4.69, 9.17) is 4.52 Å². The third-order valence-corrected chi connectivity index (χ3v) is 4.46. The van der Waals surface area contributed by atoms with Crippen molar-refractivity contribution >= 4 is 11.6 Å². The normalized spacial score (nSPS) is 15.7. The number of non-ortho nitro benzene ring substituents is 1. The van der Waals surface area contributed by atoms with E-state index in [-0.39, 0.29) is 17.0 Å². The number of hydrogen-bond donors (Lipinski definition) is 0. The maximum Gasteiger partial charge on any atom is 0.269 e. The third-order valence-electron chi connectivity index (χ3n) is 4.46. The first kappa shape index (κ1) is 19.0. The minimum atomic E-state index is -0.449. The molecule has 0 spiro atoms. The van der Waals surface area contributed by atoms with Crippen molar-refractivity contribution in [3.8, 4) is 11.4 Å². The van der Waals surface area contributed by atoms with Crippen molar-refractivity contribution in [1.29, 1.82) is 0 Å². The number of rotatable bonds is 4. The van der Waals surface area contributed by atoms with Crippen LogP contribution in [0.2, 0.25) is 0 Å². The lowest BCUT2D eigenvalue weighted by molar-refractivity contribution is -0.384. The van der Waals surface area contributed by atoms with Crippen LogP contribution in [-0.4, -0.2) is 56.9 Å². The van der Waals surface area contributed by atoms with Gasteiger partial charge in [0.25, 0.3) is 5.69 Å². The van der Waals surface area contributed by atoms with Crippen molar-refractivity contribution in [2.75, 3.05) is 26.2 Å². The zero-order valence-electron chi connectivity index (χ0n) is 15.7. The summed E-state index contributed by atoms with van der Waals surface area (Å²) in [7, 11) is 0. The molecule has 1 aromatic heterocycles. The van der Waals surface area contributed by atoms with Crippen LogP contribution in [0.15, 0.2) is 28.8 Å². The fraction of sp³-hybridized carbons (Fsp3) is 0.500. The summed E-state index contributed by atoms with van der Waals surface area (Å²) in [5.74, 6) is 1.06. The van der Waals surface area contributed by atoms with E-state index in [0.717, 1.165) is 13.1 Å². The Kier molecular flexibility index (Phi) is 5.22. The van der Waals surface area contributed by atoms with Crippen LogP contribution >= 0.6 is 0 Å². The lowest BCUT2D eigenvalue weighted by atomic mass is 9.94. The van der Waals surface area contributed by atoms with Gasteiger partial charge in [-0.05, 0) is 12.1 Å². The fourth-order valence-corrected chi connectivity index (χ4v) is 2.94. The van der Waals surface area contributed by atoms with E-state index in [1.165, 1.54) is 12.1 Å². The van der Waals surface area contributed by atoms with Gasteiger partial charge in [-0.15, -0.1) is 0 Å². The summed E-state index contributed by atoms with van der Waals surface area (Å²) in [5, 5.41) is 14.7. The number of nitrogens with zero attached hydrogens (tertiary/aromatic N) is 5. The molecule has 0 saturated carbocycles. The second kappa shape index (κ2) is 7.43. The quantitative estimate of drug-likeness (QED) is 0.598. The highest BCUT2D eigenvalue weighted by atomic mass is 16.6. The minimum Gasteiger partial charge on any atom is -0.340 e. The Hall–Kier alpha value is -2.81. The third kappa shape index (κ3) is 4.48. The number of hydrogen-bond acceptors (Lipinski definition) is 7. The van der Waals surface area contributed by atoms with E-state index < -0.39 is 4.92 Å². The summed E-state index contributed by atoms with van der Waals surface area (Å²) in [6.07, 6.45) is 0. The van der Waals surface area contributed by atoms with Gasteiger partial charge in [0.1, 0.15) is 0 Å². The zero-order valence-corrected chi connectivity index (χ0v) is 15.7. The molecule has 0 bridgehead atoms. The molecule has 9 nitrogen and oxygen atoms in total. The fourth-order valence-electron chi connectivity index (χ4n) is 2.94. The summed E-state index contributed by atoms with van der Waals surface area (Å²) in [5.41, 5.74) is 0.315. The summed E-state index contributed by atoms with van der Waals surface area (Å²) in [6, 6.07) is 6.03. The second-order valence-electron chi connectivity index (χ2n) is 7.63. The molecule has 1 fully saturated rings. The molecular formula is C18H23N5O4. The Morgan fingerprint density at radius 1 is 1.19 bits per heavy atom. The summed E-state index contributed by atoms with van der Waals surface area (Å²) in [4.78, 5) is 31.0. The molecule has 0 aliphatic carbocycles. The molecule has 1 aliphatic heterocycles. The van der Waals surface area contributed by atoms with Gasteiger partial charge in [0.05, 0.1) is 11.5 Å². The van der Waals surface area contributed by atoms with Crippen LogP contribution in [0.25, 0.3) is 11.4 Å². The predicted octanol–water partition coefficient (Wildman–Crippen LogP) is 2.34. The van der Waals surface area contributed by atoms with Gasteiger partial charge in [-0.1, -0.05) is 25.9 Å². The van der Waals surface area contributed by atoms with E-state index >= 15 is 0 Å². The number of carbonyl (C=O) groups excluding carboxylic acids is 1. The monoisotopic (exact) mass is 373 g/mol. The number of nitro benzene ring substituents is 1. The average molecular weight is 373 g/mol. The molecule has 0 N–H and O–H groups in total. The molecule has 9 heteroatoms. The highest BCUT2D eigenvalue weighted by Crippen LogP contribution is 2.21. The molecule has 0 atom stereocenters. The minimum absolute atomic E-state index is 0.0187. The number of benzene rings is 1. The van der Waals surface area contributed by atoms with Crippen molar-refractivity contribution in [3.63, 3.8) is 0 Å². The number of piperazine rings is 1. The smallest absolute Gasteiger partial charge is 0.269 e. The highest BCUT2D eigenvalue weighted by molar-refractivity contribution is 5.81. The van der Waals surface area contributed by atoms with Crippen molar-refractivity contribution in [3.05, 3.63) is 40.3 Å². The maximum absolute atomic E-state index is 12.3. The number of carbonyl (C=O) groups is 1. The molecule has 0 radical (unpaired) electrons. The van der Waals surface area contributed by atoms with E-state index in [0.29, 0.717) is 36.9 Å².